The van der Waals surface area contributed by atoms with Crippen LogP contribution < -0.4 is 0 Å². The summed E-state index contributed by atoms with van der Waals surface area (Å²) in [5.41, 5.74) is 2.98. The molecule has 1 N–H and O–H groups in total. The third-order valence-corrected chi connectivity index (χ3v) is 3.37. The lowest BCUT2D eigenvalue weighted by Gasteiger charge is -2.27. The van der Waals surface area contributed by atoms with Crippen molar-refractivity contribution in [3.63, 3.8) is 0 Å². The molecule has 0 atom stereocenters. The zero-order chi connectivity index (χ0) is 14.8. The first kappa shape index (κ1) is 16.2. The summed E-state index contributed by atoms with van der Waals surface area (Å²) in [6, 6.07) is 4.15. The highest BCUT2D eigenvalue weighted by atomic mass is 32.1. The molecule has 0 aliphatic rings. The minimum Gasteiger partial charge on any atom is -0.507 e. The lowest BCUT2D eigenvalue weighted by molar-refractivity contribution is 0.423. The Bertz CT molecular complexity index is 438. The van der Waals surface area contributed by atoms with Crippen LogP contribution in [0, 0.1) is 0 Å². The van der Waals surface area contributed by atoms with Crippen LogP contribution in [-0.2, 0) is 10.8 Å². The summed E-state index contributed by atoms with van der Waals surface area (Å²) >= 11 is 4.20. The lowest BCUT2D eigenvalue weighted by atomic mass is 9.78. The van der Waals surface area contributed by atoms with Crippen molar-refractivity contribution in [1.29, 1.82) is 0 Å². The smallest absolute Gasteiger partial charge is 0.123 e. The first-order chi connectivity index (χ1) is 8.57. The van der Waals surface area contributed by atoms with Gasteiger partial charge in [-0.2, -0.15) is 12.6 Å². The highest BCUT2D eigenvalue weighted by Crippen LogP contribution is 2.39. The molecule has 0 aliphatic carbocycles. The average Bonchev–Trinajstić information content (AvgIpc) is 2.24. The summed E-state index contributed by atoms with van der Waals surface area (Å²) in [6.45, 7) is 12.8. The second-order valence-corrected chi connectivity index (χ2v) is 7.41. The van der Waals surface area contributed by atoms with Gasteiger partial charge >= 0.3 is 0 Å². The predicted octanol–water partition coefficient (Wildman–Crippen LogP) is 4.93. The molecule has 0 amide bonds. The standard InChI is InChI=1S/C17H26OS/c1-16(2,3)13-10-12(8-7-9-19)11-14(15(13)18)17(4,5)6/h7-8,10-11,18-19H,9H2,1-6H3. The van der Waals surface area contributed by atoms with Crippen molar-refractivity contribution in [3.05, 3.63) is 34.9 Å². The number of phenolic OH excluding ortho intramolecular Hbond substituents is 1. The van der Waals surface area contributed by atoms with Gasteiger partial charge < -0.3 is 5.11 Å². The Morgan fingerprint density at radius 1 is 1.00 bits per heavy atom. The van der Waals surface area contributed by atoms with E-state index in [9.17, 15) is 5.11 Å². The lowest BCUT2D eigenvalue weighted by Crippen LogP contribution is -2.17. The summed E-state index contributed by atoms with van der Waals surface area (Å²) in [7, 11) is 0. The minimum absolute atomic E-state index is 0.0745. The van der Waals surface area contributed by atoms with Crippen LogP contribution >= 0.6 is 12.6 Å². The fraction of sp³-hybridized carbons (Fsp3) is 0.529. The molecule has 0 spiro atoms. The summed E-state index contributed by atoms with van der Waals surface area (Å²) in [5, 5.41) is 10.6. The van der Waals surface area contributed by atoms with Crippen LogP contribution in [0.25, 0.3) is 6.08 Å². The maximum Gasteiger partial charge on any atom is 0.123 e. The highest BCUT2D eigenvalue weighted by Gasteiger charge is 2.25. The zero-order valence-corrected chi connectivity index (χ0v) is 13.8. The highest BCUT2D eigenvalue weighted by molar-refractivity contribution is 7.80. The van der Waals surface area contributed by atoms with Gasteiger partial charge in [-0.1, -0.05) is 53.7 Å². The maximum atomic E-state index is 10.6. The Labute approximate surface area is 123 Å². The van der Waals surface area contributed by atoms with Crippen LogP contribution in [0.15, 0.2) is 18.2 Å². The molecule has 19 heavy (non-hydrogen) atoms. The number of hydrogen-bond acceptors (Lipinski definition) is 2. The zero-order valence-electron chi connectivity index (χ0n) is 12.9. The Kier molecular flexibility index (Phi) is 4.78. The van der Waals surface area contributed by atoms with Gasteiger partial charge in [-0.3, -0.25) is 0 Å². The molecule has 2 heteroatoms. The summed E-state index contributed by atoms with van der Waals surface area (Å²) in [5.74, 6) is 1.15. The number of rotatable bonds is 2. The van der Waals surface area contributed by atoms with Crippen molar-refractivity contribution < 1.29 is 5.11 Å². The van der Waals surface area contributed by atoms with E-state index in [1.54, 1.807) is 0 Å². The van der Waals surface area contributed by atoms with Crippen molar-refractivity contribution in [3.8, 4) is 5.75 Å². The van der Waals surface area contributed by atoms with Crippen molar-refractivity contribution in [2.45, 2.75) is 52.4 Å². The van der Waals surface area contributed by atoms with E-state index in [2.05, 4.69) is 72.4 Å². The van der Waals surface area contributed by atoms with Gasteiger partial charge in [0.05, 0.1) is 0 Å². The third-order valence-electron chi connectivity index (χ3n) is 3.16. The van der Waals surface area contributed by atoms with E-state index in [0.29, 0.717) is 5.75 Å². The van der Waals surface area contributed by atoms with Gasteiger partial charge in [0, 0.05) is 16.9 Å². The number of phenols is 1. The van der Waals surface area contributed by atoms with Crippen molar-refractivity contribution >= 4 is 18.7 Å². The van der Waals surface area contributed by atoms with E-state index < -0.39 is 0 Å². The molecular formula is C17H26OS. The average molecular weight is 278 g/mol. The maximum absolute atomic E-state index is 10.6. The molecule has 1 aromatic rings. The predicted molar refractivity (Wildman–Crippen MR) is 88.4 cm³/mol. The largest absolute Gasteiger partial charge is 0.507 e. The van der Waals surface area contributed by atoms with Gasteiger partial charge in [-0.05, 0) is 28.5 Å². The van der Waals surface area contributed by atoms with Gasteiger partial charge in [0.2, 0.25) is 0 Å². The molecule has 0 aliphatic heterocycles. The number of benzene rings is 1. The van der Waals surface area contributed by atoms with Crippen LogP contribution in [0.2, 0.25) is 0 Å². The topological polar surface area (TPSA) is 20.2 Å². The van der Waals surface area contributed by atoms with Crippen LogP contribution in [-0.4, -0.2) is 10.9 Å². The Hall–Kier alpha value is -0.890. The van der Waals surface area contributed by atoms with Gasteiger partial charge in [-0.25, -0.2) is 0 Å². The fourth-order valence-corrected chi connectivity index (χ4v) is 2.19. The monoisotopic (exact) mass is 278 g/mol. The van der Waals surface area contributed by atoms with E-state index >= 15 is 0 Å². The first-order valence-electron chi connectivity index (χ1n) is 6.72. The summed E-state index contributed by atoms with van der Waals surface area (Å²) in [6.07, 6.45) is 4.09. The Balaban J connectivity index is 3.52. The number of aromatic hydroxyl groups is 1. The molecule has 0 heterocycles. The van der Waals surface area contributed by atoms with Gasteiger partial charge in [0.1, 0.15) is 5.75 Å². The quantitative estimate of drug-likeness (QED) is 0.735. The Morgan fingerprint density at radius 3 is 1.74 bits per heavy atom. The van der Waals surface area contributed by atoms with E-state index in [1.165, 1.54) is 0 Å². The second kappa shape index (κ2) is 5.62. The van der Waals surface area contributed by atoms with Crippen molar-refractivity contribution in [1.82, 2.24) is 0 Å². The van der Waals surface area contributed by atoms with Gasteiger partial charge in [-0.15, -0.1) is 0 Å². The summed E-state index contributed by atoms with van der Waals surface area (Å²) in [4.78, 5) is 0. The van der Waals surface area contributed by atoms with Crippen LogP contribution in [0.5, 0.6) is 5.75 Å². The normalized spacial score (nSPS) is 13.2. The van der Waals surface area contributed by atoms with Gasteiger partial charge in [0.15, 0.2) is 0 Å². The van der Waals surface area contributed by atoms with Crippen molar-refractivity contribution in [2.75, 3.05) is 5.75 Å². The molecule has 106 valence electrons. The van der Waals surface area contributed by atoms with Crippen LogP contribution in [0.1, 0.15) is 58.2 Å². The first-order valence-corrected chi connectivity index (χ1v) is 7.36. The van der Waals surface area contributed by atoms with E-state index in [4.69, 9.17) is 0 Å². The molecular weight excluding hydrogens is 252 g/mol. The number of hydrogen-bond donors (Lipinski definition) is 2. The fourth-order valence-electron chi connectivity index (χ4n) is 2.09. The van der Waals surface area contributed by atoms with E-state index in [1.807, 2.05) is 6.08 Å². The van der Waals surface area contributed by atoms with E-state index in [-0.39, 0.29) is 10.8 Å². The molecule has 0 aromatic heterocycles. The minimum atomic E-state index is -0.0745. The van der Waals surface area contributed by atoms with Crippen LogP contribution in [0.4, 0.5) is 0 Å². The van der Waals surface area contributed by atoms with Gasteiger partial charge in [0.25, 0.3) is 0 Å². The molecule has 0 bridgehead atoms. The molecule has 0 saturated carbocycles. The third kappa shape index (κ3) is 4.04. The molecule has 1 nitrogen and oxygen atoms in total. The summed E-state index contributed by atoms with van der Waals surface area (Å²) < 4.78 is 0. The molecule has 0 unspecified atom stereocenters. The number of thiol groups is 1. The molecule has 1 aromatic carbocycles. The molecule has 0 saturated heterocycles. The second-order valence-electron chi connectivity index (χ2n) is 7.05. The van der Waals surface area contributed by atoms with Crippen molar-refractivity contribution in [2.24, 2.45) is 0 Å². The SMILES string of the molecule is CC(C)(C)c1cc(C=CCS)cc(C(C)(C)C)c1O. The van der Waals surface area contributed by atoms with E-state index in [0.717, 1.165) is 22.4 Å². The van der Waals surface area contributed by atoms with Crippen LogP contribution in [0.3, 0.4) is 0 Å². The Morgan fingerprint density at radius 2 is 1.42 bits per heavy atom. The molecule has 1 rings (SSSR count). The molecule has 0 radical (unpaired) electrons. The molecule has 0 fully saturated rings.